The van der Waals surface area contributed by atoms with Gasteiger partial charge in [-0.25, -0.2) is 0 Å². The van der Waals surface area contributed by atoms with E-state index in [-0.39, 0.29) is 17.6 Å². The smallest absolute Gasteiger partial charge is 0.310 e. The second kappa shape index (κ2) is 2.63. The Balaban J connectivity index is 2.63. The summed E-state index contributed by atoms with van der Waals surface area (Å²) in [5.41, 5.74) is 0.257. The minimum Gasteiger partial charge on any atom is -0.462 e. The molecule has 0 spiro atoms. The zero-order valence-corrected chi connectivity index (χ0v) is 8.68. The molecule has 1 saturated heterocycles. The molecule has 2 atom stereocenters. The summed E-state index contributed by atoms with van der Waals surface area (Å²) in [6.45, 7) is 8.74. The molecule has 3 heteroatoms. The first-order valence-corrected chi connectivity index (χ1v) is 7.75. The Morgan fingerprint density at radius 2 is 2.00 bits per heavy atom. The van der Waals surface area contributed by atoms with Crippen molar-refractivity contribution in [3.63, 3.8) is 0 Å². The van der Waals surface area contributed by atoms with E-state index in [1.54, 1.807) is 0 Å². The van der Waals surface area contributed by atoms with Crippen molar-refractivity contribution in [1.82, 2.24) is 0 Å². The molecule has 0 bridgehead atoms. The molecule has 64 valence electrons. The van der Waals surface area contributed by atoms with Crippen molar-refractivity contribution in [2.75, 3.05) is 0 Å². The molecule has 0 aromatic heterocycles. The average Bonchev–Trinajstić information content (AvgIpc) is 1.77. The average molecular weight is 172 g/mol. The molecule has 0 amide bonds. The van der Waals surface area contributed by atoms with E-state index >= 15 is 0 Å². The first-order valence-electron chi connectivity index (χ1n) is 4.17. The molecule has 0 radical (unpaired) electrons. The summed E-state index contributed by atoms with van der Waals surface area (Å²) in [7, 11) is -1.30. The maximum Gasteiger partial charge on any atom is 0.310 e. The van der Waals surface area contributed by atoms with Gasteiger partial charge in [0.25, 0.3) is 0 Å². The molecular formula is C8H16O2Si. The third-order valence-corrected chi connectivity index (χ3v) is 4.70. The van der Waals surface area contributed by atoms with Crippen molar-refractivity contribution in [3.05, 3.63) is 0 Å². The number of hydrogen-bond acceptors (Lipinski definition) is 2. The monoisotopic (exact) mass is 172 g/mol. The zero-order chi connectivity index (χ0) is 8.65. The van der Waals surface area contributed by atoms with Crippen molar-refractivity contribution in [3.8, 4) is 0 Å². The van der Waals surface area contributed by atoms with Gasteiger partial charge in [0, 0.05) is 0 Å². The molecule has 0 aromatic carbocycles. The van der Waals surface area contributed by atoms with Gasteiger partial charge >= 0.3 is 5.97 Å². The summed E-state index contributed by atoms with van der Waals surface area (Å²) in [5.74, 6) is 0.0380. The Bertz CT molecular complexity index is 171. The first kappa shape index (κ1) is 8.78. The third-order valence-electron chi connectivity index (χ3n) is 2.23. The van der Waals surface area contributed by atoms with Gasteiger partial charge in [-0.15, -0.1) is 0 Å². The molecule has 1 rings (SSSR count). The van der Waals surface area contributed by atoms with E-state index in [1.165, 1.54) is 0 Å². The number of carbonyl (C=O) groups excluding carboxylic acids is 1. The maximum absolute atomic E-state index is 11.1. The highest BCUT2D eigenvalue weighted by Crippen LogP contribution is 2.38. The molecule has 0 N–H and O–H groups in total. The lowest BCUT2D eigenvalue weighted by atomic mass is 10.1. The maximum atomic E-state index is 11.1. The van der Waals surface area contributed by atoms with Gasteiger partial charge in [-0.2, -0.15) is 0 Å². The topological polar surface area (TPSA) is 26.3 Å². The van der Waals surface area contributed by atoms with E-state index in [1.807, 2.05) is 0 Å². The number of carbonyl (C=O) groups is 1. The highest BCUT2D eigenvalue weighted by molar-refractivity contribution is 6.81. The molecule has 0 aromatic rings. The second-order valence-corrected chi connectivity index (χ2v) is 9.58. The molecule has 11 heavy (non-hydrogen) atoms. The predicted octanol–water partition coefficient (Wildman–Crippen LogP) is 2.03. The fourth-order valence-electron chi connectivity index (χ4n) is 1.60. The third kappa shape index (κ3) is 1.48. The van der Waals surface area contributed by atoms with E-state index < -0.39 is 8.07 Å². The van der Waals surface area contributed by atoms with Crippen LogP contribution in [0.4, 0.5) is 0 Å². The Morgan fingerprint density at radius 1 is 1.45 bits per heavy atom. The van der Waals surface area contributed by atoms with Crippen molar-refractivity contribution < 1.29 is 9.53 Å². The highest BCUT2D eigenvalue weighted by atomic mass is 28.3. The number of rotatable bonds is 2. The number of esters is 1. The summed E-state index contributed by atoms with van der Waals surface area (Å²) in [5, 5.41) is 0. The Morgan fingerprint density at radius 3 is 2.18 bits per heavy atom. The van der Waals surface area contributed by atoms with E-state index in [2.05, 4.69) is 26.6 Å². The molecule has 1 aliphatic rings. The van der Waals surface area contributed by atoms with Gasteiger partial charge in [-0.3, -0.25) is 4.79 Å². The van der Waals surface area contributed by atoms with Crippen LogP contribution in [-0.2, 0) is 9.53 Å². The molecule has 1 heterocycles. The zero-order valence-electron chi connectivity index (χ0n) is 7.68. The Hall–Kier alpha value is -0.313. The van der Waals surface area contributed by atoms with Gasteiger partial charge in [0.05, 0.1) is 13.6 Å². The van der Waals surface area contributed by atoms with Crippen molar-refractivity contribution in [1.29, 1.82) is 0 Å². The van der Waals surface area contributed by atoms with Gasteiger partial charge in [-0.1, -0.05) is 26.6 Å². The molecule has 2 nitrogen and oxygen atoms in total. The van der Waals surface area contributed by atoms with Crippen LogP contribution < -0.4 is 0 Å². The van der Waals surface area contributed by atoms with Gasteiger partial charge in [0.15, 0.2) is 0 Å². The molecule has 0 unspecified atom stereocenters. The minimum atomic E-state index is -1.30. The van der Waals surface area contributed by atoms with Crippen LogP contribution in [0.15, 0.2) is 0 Å². The predicted molar refractivity (Wildman–Crippen MR) is 47.3 cm³/mol. The SMILES string of the molecule is CC[C@@H]1OC(=O)[C@@H]1[Si](C)(C)C. The van der Waals surface area contributed by atoms with E-state index in [4.69, 9.17) is 4.74 Å². The fourth-order valence-corrected chi connectivity index (χ4v) is 3.79. The summed E-state index contributed by atoms with van der Waals surface area (Å²) in [4.78, 5) is 11.1. The van der Waals surface area contributed by atoms with Gasteiger partial charge in [0.1, 0.15) is 6.10 Å². The van der Waals surface area contributed by atoms with E-state index in [0.29, 0.717) is 0 Å². The highest BCUT2D eigenvalue weighted by Gasteiger charge is 2.49. The van der Waals surface area contributed by atoms with Crippen LogP contribution in [0, 0.1) is 0 Å². The van der Waals surface area contributed by atoms with Crippen LogP contribution in [0.3, 0.4) is 0 Å². The number of ether oxygens (including phenoxy) is 1. The quantitative estimate of drug-likeness (QED) is 0.470. The van der Waals surface area contributed by atoms with Crippen LogP contribution in [-0.4, -0.2) is 20.1 Å². The normalized spacial score (nSPS) is 31.1. The lowest BCUT2D eigenvalue weighted by Crippen LogP contribution is -2.52. The molecule has 0 aliphatic carbocycles. The van der Waals surface area contributed by atoms with Gasteiger partial charge in [-0.05, 0) is 6.42 Å². The largest absolute Gasteiger partial charge is 0.462 e. The summed E-state index contributed by atoms with van der Waals surface area (Å²) < 4.78 is 5.02. The lowest BCUT2D eigenvalue weighted by Gasteiger charge is -2.41. The van der Waals surface area contributed by atoms with Gasteiger partial charge < -0.3 is 4.74 Å². The van der Waals surface area contributed by atoms with Crippen LogP contribution in [0.1, 0.15) is 13.3 Å². The van der Waals surface area contributed by atoms with Crippen molar-refractivity contribution in [2.45, 2.75) is 44.6 Å². The van der Waals surface area contributed by atoms with Gasteiger partial charge in [0.2, 0.25) is 0 Å². The molecule has 1 fully saturated rings. The molecule has 0 saturated carbocycles. The molecular weight excluding hydrogens is 156 g/mol. The lowest BCUT2D eigenvalue weighted by molar-refractivity contribution is -0.169. The van der Waals surface area contributed by atoms with E-state index in [9.17, 15) is 4.79 Å². The van der Waals surface area contributed by atoms with Crippen LogP contribution in [0.25, 0.3) is 0 Å². The number of hydrogen-bond donors (Lipinski definition) is 0. The van der Waals surface area contributed by atoms with Crippen LogP contribution in [0.2, 0.25) is 25.2 Å². The first-order chi connectivity index (χ1) is 4.96. The minimum absolute atomic E-state index is 0.0380. The fraction of sp³-hybridized carbons (Fsp3) is 0.875. The Labute approximate surface area is 68.9 Å². The summed E-state index contributed by atoms with van der Waals surface area (Å²) in [6, 6.07) is 0. The van der Waals surface area contributed by atoms with Crippen LogP contribution >= 0.6 is 0 Å². The second-order valence-electron chi connectivity index (χ2n) is 4.23. The standard InChI is InChI=1S/C8H16O2Si/c1-5-6-7(8(9)10-6)11(2,3)4/h6-7H,5H2,1-4H3/t6-,7+/m0/s1. The summed E-state index contributed by atoms with van der Waals surface area (Å²) in [6.07, 6.45) is 1.20. The number of cyclic esters (lactones) is 1. The van der Waals surface area contributed by atoms with Crippen molar-refractivity contribution in [2.24, 2.45) is 0 Å². The summed E-state index contributed by atoms with van der Waals surface area (Å²) >= 11 is 0. The van der Waals surface area contributed by atoms with Crippen molar-refractivity contribution >= 4 is 14.0 Å². The van der Waals surface area contributed by atoms with Crippen LogP contribution in [0.5, 0.6) is 0 Å². The Kier molecular flexibility index (Phi) is 2.10. The molecule has 1 aliphatic heterocycles. The van der Waals surface area contributed by atoms with E-state index in [0.717, 1.165) is 6.42 Å².